The molecule has 6 N–H and O–H groups in total. The lowest BCUT2D eigenvalue weighted by Gasteiger charge is -2.20. The molecular weight excluding hydrogens is 418 g/mol. The van der Waals surface area contributed by atoms with Gasteiger partial charge < -0.3 is 34.8 Å². The maximum Gasteiger partial charge on any atom is 0.351 e. The molecule has 2 heterocycles. The predicted octanol–water partition coefficient (Wildman–Crippen LogP) is -0.901. The Morgan fingerprint density at radius 1 is 1.33 bits per heavy atom. The first kappa shape index (κ1) is 22.1. The van der Waals surface area contributed by atoms with Gasteiger partial charge in [0.2, 0.25) is 6.23 Å². The second-order valence-electron chi connectivity index (χ2n) is 5.73. The van der Waals surface area contributed by atoms with Crippen LogP contribution >= 0.6 is 15.2 Å². The monoisotopic (exact) mass is 435 g/mol. The lowest BCUT2D eigenvalue weighted by Crippen LogP contribution is -2.42. The highest BCUT2D eigenvalue weighted by Gasteiger charge is 2.60. The normalized spacial score (nSPS) is 27.4. The highest BCUT2D eigenvalue weighted by molar-refractivity contribution is 7.56. The number of aliphatic hydroxyl groups is 1. The van der Waals surface area contributed by atoms with Crippen molar-refractivity contribution in [2.45, 2.75) is 24.4 Å². The van der Waals surface area contributed by atoms with Gasteiger partial charge in [0.1, 0.15) is 11.9 Å². The Kier molecular flexibility index (Phi) is 6.24. The standard InChI is InChI=1S/C11H17F2N3O9P2/c12-11(13)8(17)6(5-24-27(22,23)4-3-26(19,20)21)25-9(11)16-2-1-7(14)15-10(16)18/h1-2,6,8-9,17H,3-5H2,(H,22,23)(H2,14,15,18)(H2,19,20,21)/t6-,8-,9-/m1/s1. The van der Waals surface area contributed by atoms with Crippen molar-refractivity contribution in [3.8, 4) is 0 Å². The van der Waals surface area contributed by atoms with Crippen LogP contribution in [0, 0.1) is 0 Å². The third-order valence-electron chi connectivity index (χ3n) is 3.60. The first-order valence-electron chi connectivity index (χ1n) is 7.30. The van der Waals surface area contributed by atoms with Gasteiger partial charge in [0, 0.05) is 6.20 Å². The quantitative estimate of drug-likeness (QED) is 0.333. The maximum atomic E-state index is 14.3. The van der Waals surface area contributed by atoms with E-state index in [-0.39, 0.29) is 5.82 Å². The minimum atomic E-state index is -4.57. The topological polar surface area (TPSA) is 194 Å². The van der Waals surface area contributed by atoms with E-state index < -0.39 is 64.2 Å². The third kappa shape index (κ3) is 5.39. The molecule has 1 unspecified atom stereocenters. The van der Waals surface area contributed by atoms with Crippen molar-refractivity contribution in [2.75, 3.05) is 24.7 Å². The first-order valence-corrected chi connectivity index (χ1v) is 10.9. The Morgan fingerprint density at radius 2 is 1.96 bits per heavy atom. The van der Waals surface area contributed by atoms with Crippen LogP contribution in [0.2, 0.25) is 0 Å². The molecule has 0 saturated carbocycles. The average Bonchev–Trinajstić information content (AvgIpc) is 2.74. The predicted molar refractivity (Wildman–Crippen MR) is 85.3 cm³/mol. The van der Waals surface area contributed by atoms with Crippen molar-refractivity contribution in [1.29, 1.82) is 0 Å². The number of nitrogen functional groups attached to an aromatic ring is 1. The van der Waals surface area contributed by atoms with E-state index in [1.807, 2.05) is 0 Å². The largest absolute Gasteiger partial charge is 0.384 e. The molecule has 1 saturated heterocycles. The molecule has 2 rings (SSSR count). The van der Waals surface area contributed by atoms with Crippen LogP contribution in [0.5, 0.6) is 0 Å². The Hall–Kier alpha value is -1.24. The summed E-state index contributed by atoms with van der Waals surface area (Å²) in [5.74, 6) is -4.19. The van der Waals surface area contributed by atoms with Gasteiger partial charge in [-0.25, -0.2) is 4.79 Å². The van der Waals surface area contributed by atoms with Crippen LogP contribution in [0.3, 0.4) is 0 Å². The number of hydrogen-bond donors (Lipinski definition) is 5. The van der Waals surface area contributed by atoms with Crippen molar-refractivity contribution < 1.29 is 47.0 Å². The van der Waals surface area contributed by atoms with Crippen LogP contribution < -0.4 is 11.4 Å². The molecule has 0 bridgehead atoms. The van der Waals surface area contributed by atoms with Gasteiger partial charge in [0.25, 0.3) is 0 Å². The zero-order valence-corrected chi connectivity index (χ0v) is 15.2. The molecule has 0 aliphatic carbocycles. The van der Waals surface area contributed by atoms with Gasteiger partial charge in [-0.1, -0.05) is 0 Å². The summed E-state index contributed by atoms with van der Waals surface area (Å²) in [5.41, 5.74) is 4.10. The fraction of sp³-hybridized carbons (Fsp3) is 0.636. The van der Waals surface area contributed by atoms with E-state index in [4.69, 9.17) is 20.3 Å². The summed E-state index contributed by atoms with van der Waals surface area (Å²) in [6, 6.07) is 1.06. The number of hydrogen-bond acceptors (Lipinski definition) is 8. The molecule has 1 aromatic heterocycles. The summed E-state index contributed by atoms with van der Waals surface area (Å²) in [6.07, 6.45) is -7.56. The van der Waals surface area contributed by atoms with Crippen LogP contribution in [0.4, 0.5) is 14.6 Å². The molecule has 0 radical (unpaired) electrons. The second-order valence-corrected chi connectivity index (χ2v) is 9.49. The summed E-state index contributed by atoms with van der Waals surface area (Å²) in [5, 5.41) is 9.74. The van der Waals surface area contributed by atoms with Crippen LogP contribution in [0.1, 0.15) is 6.23 Å². The molecule has 27 heavy (non-hydrogen) atoms. The van der Waals surface area contributed by atoms with E-state index >= 15 is 0 Å². The van der Waals surface area contributed by atoms with Gasteiger partial charge in [0.15, 0.2) is 6.10 Å². The Labute approximate surface area is 150 Å². The molecule has 0 amide bonds. The lowest BCUT2D eigenvalue weighted by molar-refractivity contribution is -0.140. The zero-order valence-electron chi connectivity index (χ0n) is 13.5. The summed E-state index contributed by atoms with van der Waals surface area (Å²) in [4.78, 5) is 41.9. The zero-order chi connectivity index (χ0) is 20.6. The second kappa shape index (κ2) is 7.64. The SMILES string of the molecule is Nc1ccn([C@@H]2O[C@H](COP(=O)(O)CCP(=O)(O)O)[C@@H](O)C2(F)F)c(=O)n1. The molecule has 0 aromatic carbocycles. The van der Waals surface area contributed by atoms with E-state index in [0.717, 1.165) is 12.3 Å². The van der Waals surface area contributed by atoms with E-state index in [0.29, 0.717) is 4.57 Å². The maximum absolute atomic E-state index is 14.3. The van der Waals surface area contributed by atoms with Gasteiger partial charge in [-0.2, -0.15) is 13.8 Å². The average molecular weight is 435 g/mol. The smallest absolute Gasteiger partial charge is 0.351 e. The van der Waals surface area contributed by atoms with Gasteiger partial charge in [0.05, 0.1) is 18.9 Å². The summed E-state index contributed by atoms with van der Waals surface area (Å²) in [6.45, 7) is -0.987. The fourth-order valence-corrected chi connectivity index (χ4v) is 4.78. The van der Waals surface area contributed by atoms with Crippen molar-refractivity contribution in [1.82, 2.24) is 9.55 Å². The lowest BCUT2D eigenvalue weighted by atomic mass is 10.1. The number of alkyl halides is 2. The molecule has 154 valence electrons. The number of aliphatic hydroxyl groups excluding tert-OH is 1. The minimum Gasteiger partial charge on any atom is -0.384 e. The Bertz CT molecular complexity index is 845. The minimum absolute atomic E-state index is 0.218. The first-order chi connectivity index (χ1) is 12.2. The third-order valence-corrected chi connectivity index (χ3v) is 6.10. The van der Waals surface area contributed by atoms with E-state index in [1.165, 1.54) is 0 Å². The Morgan fingerprint density at radius 3 is 2.52 bits per heavy atom. The van der Waals surface area contributed by atoms with E-state index in [1.54, 1.807) is 0 Å². The highest BCUT2D eigenvalue weighted by atomic mass is 31.2. The number of halogens is 2. The molecule has 1 fully saturated rings. The summed E-state index contributed by atoms with van der Waals surface area (Å²) < 4.78 is 60.8. The molecule has 4 atom stereocenters. The van der Waals surface area contributed by atoms with Gasteiger partial charge in [-0.05, 0) is 6.07 Å². The number of nitrogens with two attached hydrogens (primary N) is 1. The fourth-order valence-electron chi connectivity index (χ4n) is 2.22. The van der Waals surface area contributed by atoms with Gasteiger partial charge in [-0.15, -0.1) is 0 Å². The Balaban J connectivity index is 2.10. The van der Waals surface area contributed by atoms with Gasteiger partial charge in [-0.3, -0.25) is 13.7 Å². The number of nitrogens with zero attached hydrogens (tertiary/aromatic N) is 2. The van der Waals surface area contributed by atoms with E-state index in [9.17, 15) is 32.7 Å². The van der Waals surface area contributed by atoms with Crippen molar-refractivity contribution in [3.05, 3.63) is 22.7 Å². The van der Waals surface area contributed by atoms with Crippen LogP contribution in [0.25, 0.3) is 0 Å². The highest BCUT2D eigenvalue weighted by Crippen LogP contribution is 2.49. The van der Waals surface area contributed by atoms with Crippen molar-refractivity contribution in [3.63, 3.8) is 0 Å². The van der Waals surface area contributed by atoms with E-state index in [2.05, 4.69) is 9.51 Å². The molecule has 1 aromatic rings. The van der Waals surface area contributed by atoms with Crippen LogP contribution in [0.15, 0.2) is 17.1 Å². The number of ether oxygens (including phenoxy) is 1. The van der Waals surface area contributed by atoms with Crippen LogP contribution in [-0.2, 0) is 18.4 Å². The number of aromatic nitrogens is 2. The molecule has 1 aliphatic heterocycles. The molecule has 16 heteroatoms. The molecule has 1 aliphatic rings. The number of anilines is 1. The van der Waals surface area contributed by atoms with Crippen LogP contribution in [-0.4, -0.2) is 66.4 Å². The van der Waals surface area contributed by atoms with Crippen molar-refractivity contribution >= 4 is 21.0 Å². The summed E-state index contributed by atoms with van der Waals surface area (Å²) in [7, 11) is -9.11. The summed E-state index contributed by atoms with van der Waals surface area (Å²) >= 11 is 0. The molecule has 0 spiro atoms. The van der Waals surface area contributed by atoms with Crippen molar-refractivity contribution in [2.24, 2.45) is 0 Å². The molecule has 12 nitrogen and oxygen atoms in total. The van der Waals surface area contributed by atoms with Gasteiger partial charge >= 0.3 is 26.8 Å². The molecular formula is C11H17F2N3O9P2. The number of rotatable bonds is 7.